The first kappa shape index (κ1) is 14.0. The molecular weight excluding hydrogens is 280 g/mol. The molecule has 20 heavy (non-hydrogen) atoms. The molecule has 0 spiro atoms. The second-order valence-electron chi connectivity index (χ2n) is 3.99. The second-order valence-corrected chi connectivity index (χ2v) is 4.38. The van der Waals surface area contributed by atoms with E-state index < -0.39 is 18.4 Å². The predicted octanol–water partition coefficient (Wildman–Crippen LogP) is 2.47. The quantitative estimate of drug-likeness (QED) is 0.878. The number of benzene rings is 1. The molecule has 5 nitrogen and oxygen atoms in total. The van der Waals surface area contributed by atoms with Crippen molar-refractivity contribution in [3.8, 4) is 0 Å². The summed E-state index contributed by atoms with van der Waals surface area (Å²) >= 11 is 5.75. The van der Waals surface area contributed by atoms with Gasteiger partial charge in [-0.1, -0.05) is 29.8 Å². The molecule has 1 amide bonds. The Labute approximate surface area is 120 Å². The highest BCUT2D eigenvalue weighted by Crippen LogP contribution is 2.17. The first-order valence-electron chi connectivity index (χ1n) is 5.78. The average Bonchev–Trinajstić information content (AvgIpc) is 2.45. The molecule has 0 saturated carbocycles. The number of carbonyl (C=O) groups is 2. The number of carboxylic acid groups (broad SMARTS) is 1. The smallest absolute Gasteiger partial charge is 0.323 e. The number of aliphatic carboxylic acids is 1. The topological polar surface area (TPSA) is 70.5 Å². The van der Waals surface area contributed by atoms with Crippen LogP contribution in [0.4, 0.5) is 5.69 Å². The van der Waals surface area contributed by atoms with Crippen molar-refractivity contribution in [3.63, 3.8) is 0 Å². The Morgan fingerprint density at radius 3 is 2.50 bits per heavy atom. The molecule has 0 unspecified atom stereocenters. The van der Waals surface area contributed by atoms with E-state index in [0.29, 0.717) is 5.69 Å². The number of nitrogens with zero attached hydrogens (tertiary/aromatic N) is 2. The van der Waals surface area contributed by atoms with Crippen molar-refractivity contribution >= 4 is 29.2 Å². The number of para-hydroxylation sites is 1. The molecule has 2 aromatic rings. The fourth-order valence-corrected chi connectivity index (χ4v) is 1.89. The van der Waals surface area contributed by atoms with Gasteiger partial charge in [-0.2, -0.15) is 0 Å². The average molecular weight is 291 g/mol. The molecule has 0 bridgehead atoms. The molecule has 0 fully saturated rings. The van der Waals surface area contributed by atoms with Crippen molar-refractivity contribution in [3.05, 3.63) is 59.4 Å². The van der Waals surface area contributed by atoms with Gasteiger partial charge in [-0.25, -0.2) is 4.98 Å². The highest BCUT2D eigenvalue weighted by molar-refractivity contribution is 6.29. The number of rotatable bonds is 4. The van der Waals surface area contributed by atoms with Gasteiger partial charge in [0.25, 0.3) is 5.91 Å². The summed E-state index contributed by atoms with van der Waals surface area (Å²) in [4.78, 5) is 28.3. The van der Waals surface area contributed by atoms with Gasteiger partial charge in [-0.05, 0) is 24.3 Å². The summed E-state index contributed by atoms with van der Waals surface area (Å²) < 4.78 is 0. The highest BCUT2D eigenvalue weighted by Gasteiger charge is 2.20. The van der Waals surface area contributed by atoms with Crippen molar-refractivity contribution in [2.24, 2.45) is 0 Å². The van der Waals surface area contributed by atoms with Crippen LogP contribution in [0.3, 0.4) is 0 Å². The maximum absolute atomic E-state index is 12.4. The van der Waals surface area contributed by atoms with E-state index in [9.17, 15) is 9.59 Å². The zero-order valence-corrected chi connectivity index (χ0v) is 11.1. The predicted molar refractivity (Wildman–Crippen MR) is 75.0 cm³/mol. The van der Waals surface area contributed by atoms with Gasteiger partial charge in [0.15, 0.2) is 0 Å². The third-order valence-corrected chi connectivity index (χ3v) is 2.79. The number of hydrogen-bond donors (Lipinski definition) is 1. The van der Waals surface area contributed by atoms with Gasteiger partial charge >= 0.3 is 5.97 Å². The molecule has 0 aliphatic heterocycles. The Morgan fingerprint density at radius 1 is 1.20 bits per heavy atom. The number of halogens is 1. The van der Waals surface area contributed by atoms with Gasteiger partial charge in [-0.15, -0.1) is 0 Å². The Hall–Kier alpha value is -2.40. The molecule has 2 rings (SSSR count). The highest BCUT2D eigenvalue weighted by atomic mass is 35.5. The van der Waals surface area contributed by atoms with E-state index in [0.717, 1.165) is 0 Å². The van der Waals surface area contributed by atoms with Gasteiger partial charge < -0.3 is 5.11 Å². The Kier molecular flexibility index (Phi) is 4.32. The van der Waals surface area contributed by atoms with E-state index in [-0.39, 0.29) is 10.7 Å². The maximum atomic E-state index is 12.4. The van der Waals surface area contributed by atoms with E-state index >= 15 is 0 Å². The minimum Gasteiger partial charge on any atom is -0.480 e. The number of aromatic nitrogens is 1. The lowest BCUT2D eigenvalue weighted by Gasteiger charge is -2.20. The first-order valence-corrected chi connectivity index (χ1v) is 6.16. The molecule has 1 aromatic heterocycles. The Bertz CT molecular complexity index is 631. The first-order chi connectivity index (χ1) is 9.58. The molecule has 1 aromatic carbocycles. The molecule has 102 valence electrons. The summed E-state index contributed by atoms with van der Waals surface area (Å²) in [5, 5.41) is 9.14. The van der Waals surface area contributed by atoms with Gasteiger partial charge in [0.1, 0.15) is 11.7 Å². The van der Waals surface area contributed by atoms with Crippen LogP contribution in [-0.4, -0.2) is 28.5 Å². The lowest BCUT2D eigenvalue weighted by Crippen LogP contribution is -2.35. The largest absolute Gasteiger partial charge is 0.480 e. The number of hydrogen-bond acceptors (Lipinski definition) is 3. The van der Waals surface area contributed by atoms with Crippen molar-refractivity contribution in [1.29, 1.82) is 0 Å². The van der Waals surface area contributed by atoms with Crippen LogP contribution in [-0.2, 0) is 4.79 Å². The third kappa shape index (κ3) is 3.33. The zero-order chi connectivity index (χ0) is 14.5. The summed E-state index contributed by atoms with van der Waals surface area (Å²) in [6, 6.07) is 11.5. The SMILES string of the molecule is O=C(O)CN(C(=O)c1ccnc(Cl)c1)c1ccccc1. The summed E-state index contributed by atoms with van der Waals surface area (Å²) in [6.45, 7) is -0.428. The van der Waals surface area contributed by atoms with Gasteiger partial charge in [-0.3, -0.25) is 14.5 Å². The summed E-state index contributed by atoms with van der Waals surface area (Å²) in [5.74, 6) is -1.54. The van der Waals surface area contributed by atoms with Crippen LogP contribution >= 0.6 is 11.6 Å². The summed E-state index contributed by atoms with van der Waals surface area (Å²) in [7, 11) is 0. The molecule has 1 heterocycles. The van der Waals surface area contributed by atoms with Crippen LogP contribution in [0.2, 0.25) is 5.15 Å². The van der Waals surface area contributed by atoms with Crippen LogP contribution in [0, 0.1) is 0 Å². The fourth-order valence-electron chi connectivity index (χ4n) is 1.71. The molecular formula is C14H11ClN2O3. The molecule has 0 saturated heterocycles. The van der Waals surface area contributed by atoms with Crippen LogP contribution in [0.5, 0.6) is 0 Å². The molecule has 0 atom stereocenters. The normalized spacial score (nSPS) is 10.1. The summed E-state index contributed by atoms with van der Waals surface area (Å²) in [5.41, 5.74) is 0.794. The molecule has 6 heteroatoms. The Balaban J connectivity index is 2.36. The van der Waals surface area contributed by atoms with Crippen LogP contribution < -0.4 is 4.90 Å². The minimum absolute atomic E-state index is 0.180. The van der Waals surface area contributed by atoms with Crippen molar-refractivity contribution in [2.75, 3.05) is 11.4 Å². The number of pyridine rings is 1. The van der Waals surface area contributed by atoms with E-state index in [1.54, 1.807) is 30.3 Å². The standard InChI is InChI=1S/C14H11ClN2O3/c15-12-8-10(6-7-16-12)14(20)17(9-13(18)19)11-4-2-1-3-5-11/h1-8H,9H2,(H,18,19). The van der Waals surface area contributed by atoms with E-state index in [1.165, 1.54) is 23.2 Å². The lowest BCUT2D eigenvalue weighted by molar-refractivity contribution is -0.135. The van der Waals surface area contributed by atoms with Crippen LogP contribution in [0.1, 0.15) is 10.4 Å². The summed E-state index contributed by atoms with van der Waals surface area (Å²) in [6.07, 6.45) is 1.40. The molecule has 0 aliphatic rings. The van der Waals surface area contributed by atoms with E-state index in [2.05, 4.69) is 4.98 Å². The second kappa shape index (κ2) is 6.16. The van der Waals surface area contributed by atoms with Crippen LogP contribution in [0.25, 0.3) is 0 Å². The number of carbonyl (C=O) groups excluding carboxylic acids is 1. The van der Waals surface area contributed by atoms with Gasteiger partial charge in [0, 0.05) is 17.4 Å². The molecule has 1 N–H and O–H groups in total. The van der Waals surface area contributed by atoms with E-state index in [1.807, 2.05) is 0 Å². The van der Waals surface area contributed by atoms with Crippen molar-refractivity contribution < 1.29 is 14.7 Å². The van der Waals surface area contributed by atoms with Gasteiger partial charge in [0.05, 0.1) is 0 Å². The molecule has 0 radical (unpaired) electrons. The number of anilines is 1. The monoisotopic (exact) mass is 290 g/mol. The van der Waals surface area contributed by atoms with Crippen molar-refractivity contribution in [2.45, 2.75) is 0 Å². The number of amides is 1. The van der Waals surface area contributed by atoms with Crippen molar-refractivity contribution in [1.82, 2.24) is 4.98 Å². The maximum Gasteiger partial charge on any atom is 0.323 e. The third-order valence-electron chi connectivity index (χ3n) is 2.58. The lowest BCUT2D eigenvalue weighted by atomic mass is 10.2. The molecule has 0 aliphatic carbocycles. The van der Waals surface area contributed by atoms with Gasteiger partial charge in [0.2, 0.25) is 0 Å². The minimum atomic E-state index is -1.10. The zero-order valence-electron chi connectivity index (χ0n) is 10.4. The number of carboxylic acids is 1. The van der Waals surface area contributed by atoms with E-state index in [4.69, 9.17) is 16.7 Å². The van der Waals surface area contributed by atoms with Crippen LogP contribution in [0.15, 0.2) is 48.7 Å². The Morgan fingerprint density at radius 2 is 1.90 bits per heavy atom. The fraction of sp³-hybridized carbons (Fsp3) is 0.0714.